The lowest BCUT2D eigenvalue weighted by molar-refractivity contribution is -0.00386. The molecule has 0 bridgehead atoms. The number of methoxy groups -OCH3 is 1. The van der Waals surface area contributed by atoms with E-state index in [9.17, 15) is 9.59 Å². The molecule has 0 aliphatic carbocycles. The van der Waals surface area contributed by atoms with Gasteiger partial charge in [0.05, 0.1) is 0 Å². The molecule has 0 radical (unpaired) electrons. The SMILES string of the molecule is CNC(=O)OCC(COC(=O)NC)OC. The second-order valence-corrected chi connectivity index (χ2v) is 2.55. The van der Waals surface area contributed by atoms with Gasteiger partial charge in [-0.15, -0.1) is 0 Å². The molecule has 0 unspecified atom stereocenters. The Morgan fingerprint density at radius 3 is 1.73 bits per heavy atom. The Labute approximate surface area is 88.1 Å². The van der Waals surface area contributed by atoms with Crippen LogP contribution in [0, 0.1) is 0 Å². The van der Waals surface area contributed by atoms with Gasteiger partial charge in [0, 0.05) is 21.2 Å². The number of ether oxygens (including phenoxy) is 3. The molecule has 0 aromatic heterocycles. The highest BCUT2D eigenvalue weighted by Crippen LogP contribution is 1.94. The topological polar surface area (TPSA) is 85.9 Å². The molecular formula is C8H16N2O5. The molecule has 0 saturated heterocycles. The van der Waals surface area contributed by atoms with Crippen LogP contribution in [-0.2, 0) is 14.2 Å². The van der Waals surface area contributed by atoms with E-state index in [1.807, 2.05) is 0 Å². The van der Waals surface area contributed by atoms with Crippen LogP contribution >= 0.6 is 0 Å². The summed E-state index contributed by atoms with van der Waals surface area (Å²) in [7, 11) is 4.33. The summed E-state index contributed by atoms with van der Waals surface area (Å²) in [6, 6.07) is 0. The summed E-state index contributed by atoms with van der Waals surface area (Å²) in [5, 5.41) is 4.57. The number of carbonyl (C=O) groups is 2. The van der Waals surface area contributed by atoms with E-state index in [0.717, 1.165) is 0 Å². The van der Waals surface area contributed by atoms with E-state index >= 15 is 0 Å². The highest BCUT2D eigenvalue weighted by molar-refractivity contribution is 5.67. The van der Waals surface area contributed by atoms with E-state index in [0.29, 0.717) is 0 Å². The predicted molar refractivity (Wildman–Crippen MR) is 51.6 cm³/mol. The second-order valence-electron chi connectivity index (χ2n) is 2.55. The van der Waals surface area contributed by atoms with Crippen molar-refractivity contribution in [1.29, 1.82) is 0 Å². The first-order chi connectivity index (χ1) is 7.13. The molecule has 2 amide bonds. The van der Waals surface area contributed by atoms with Crippen molar-refractivity contribution >= 4 is 12.2 Å². The van der Waals surface area contributed by atoms with Crippen molar-refractivity contribution < 1.29 is 23.8 Å². The number of hydrogen-bond donors (Lipinski definition) is 2. The van der Waals surface area contributed by atoms with Gasteiger partial charge >= 0.3 is 12.2 Å². The van der Waals surface area contributed by atoms with Crippen molar-refractivity contribution in [2.45, 2.75) is 6.10 Å². The first-order valence-corrected chi connectivity index (χ1v) is 4.35. The molecule has 7 nitrogen and oxygen atoms in total. The Hall–Kier alpha value is -1.50. The second kappa shape index (κ2) is 7.86. The van der Waals surface area contributed by atoms with Crippen molar-refractivity contribution in [2.24, 2.45) is 0 Å². The van der Waals surface area contributed by atoms with Crippen LogP contribution < -0.4 is 10.6 Å². The Morgan fingerprint density at radius 2 is 1.47 bits per heavy atom. The summed E-state index contributed by atoms with van der Waals surface area (Å²) in [5.74, 6) is 0. The van der Waals surface area contributed by atoms with Crippen LogP contribution in [0.15, 0.2) is 0 Å². The van der Waals surface area contributed by atoms with Crippen molar-refractivity contribution in [1.82, 2.24) is 10.6 Å². The van der Waals surface area contributed by atoms with Crippen molar-refractivity contribution in [3.63, 3.8) is 0 Å². The molecule has 0 aliphatic heterocycles. The average Bonchev–Trinajstić information content (AvgIpc) is 2.28. The van der Waals surface area contributed by atoms with Gasteiger partial charge in [0.15, 0.2) is 0 Å². The number of rotatable bonds is 5. The first-order valence-electron chi connectivity index (χ1n) is 4.35. The van der Waals surface area contributed by atoms with Crippen LogP contribution in [0.3, 0.4) is 0 Å². The van der Waals surface area contributed by atoms with Crippen LogP contribution in [0.25, 0.3) is 0 Å². The zero-order valence-corrected chi connectivity index (χ0v) is 9.03. The van der Waals surface area contributed by atoms with E-state index in [-0.39, 0.29) is 13.2 Å². The van der Waals surface area contributed by atoms with Gasteiger partial charge in [-0.05, 0) is 0 Å². The van der Waals surface area contributed by atoms with Gasteiger partial charge in [-0.3, -0.25) is 0 Å². The van der Waals surface area contributed by atoms with Gasteiger partial charge in [-0.25, -0.2) is 9.59 Å². The van der Waals surface area contributed by atoms with Crippen LogP contribution in [-0.4, -0.2) is 52.7 Å². The standard InChI is InChI=1S/C8H16N2O5/c1-9-7(11)14-4-6(13-3)5-15-8(12)10-2/h6H,4-5H2,1-3H3,(H,9,11)(H,10,12). The smallest absolute Gasteiger partial charge is 0.406 e. The van der Waals surface area contributed by atoms with Crippen LogP contribution in [0.2, 0.25) is 0 Å². The fourth-order valence-corrected chi connectivity index (χ4v) is 0.666. The third-order valence-corrected chi connectivity index (χ3v) is 1.54. The van der Waals surface area contributed by atoms with Crippen molar-refractivity contribution in [3.05, 3.63) is 0 Å². The average molecular weight is 220 g/mol. The molecule has 88 valence electrons. The first kappa shape index (κ1) is 13.5. The molecule has 0 saturated carbocycles. The lowest BCUT2D eigenvalue weighted by Crippen LogP contribution is -2.31. The van der Waals surface area contributed by atoms with Gasteiger partial charge in [0.2, 0.25) is 0 Å². The maximum atomic E-state index is 10.7. The highest BCUT2D eigenvalue weighted by Gasteiger charge is 2.12. The Balaban J connectivity index is 3.73. The van der Waals surface area contributed by atoms with Crippen LogP contribution in [0.4, 0.5) is 9.59 Å². The van der Waals surface area contributed by atoms with E-state index in [4.69, 9.17) is 14.2 Å². The number of carbonyl (C=O) groups excluding carboxylic acids is 2. The summed E-state index contributed by atoms with van der Waals surface area (Å²) >= 11 is 0. The largest absolute Gasteiger partial charge is 0.447 e. The van der Waals surface area contributed by atoms with E-state index in [1.165, 1.54) is 21.2 Å². The summed E-state index contributed by atoms with van der Waals surface area (Å²) in [5.41, 5.74) is 0. The number of alkyl carbamates (subject to hydrolysis) is 2. The molecule has 0 atom stereocenters. The number of amides is 2. The maximum absolute atomic E-state index is 10.7. The summed E-state index contributed by atoms with van der Waals surface area (Å²) < 4.78 is 14.4. The maximum Gasteiger partial charge on any atom is 0.406 e. The quantitative estimate of drug-likeness (QED) is 0.665. The zero-order chi connectivity index (χ0) is 11.7. The fraction of sp³-hybridized carbons (Fsp3) is 0.750. The predicted octanol–water partition coefficient (Wildman–Crippen LogP) is -0.287. The molecule has 15 heavy (non-hydrogen) atoms. The highest BCUT2D eigenvalue weighted by atomic mass is 16.6. The minimum absolute atomic E-state index is 0.0210. The molecule has 0 spiro atoms. The fourth-order valence-electron chi connectivity index (χ4n) is 0.666. The summed E-state index contributed by atoms with van der Waals surface area (Å²) in [6.45, 7) is 0.0420. The molecule has 0 rings (SSSR count). The number of nitrogens with one attached hydrogen (secondary N) is 2. The van der Waals surface area contributed by atoms with Crippen molar-refractivity contribution in [3.8, 4) is 0 Å². The lowest BCUT2D eigenvalue weighted by Gasteiger charge is -2.15. The normalized spacial score (nSPS) is 9.60. The minimum Gasteiger partial charge on any atom is -0.447 e. The molecule has 0 heterocycles. The van der Waals surface area contributed by atoms with Gasteiger partial charge in [-0.1, -0.05) is 0 Å². The van der Waals surface area contributed by atoms with E-state index < -0.39 is 18.3 Å². The molecular weight excluding hydrogens is 204 g/mol. The molecule has 7 heteroatoms. The molecule has 2 N–H and O–H groups in total. The number of hydrogen-bond acceptors (Lipinski definition) is 5. The Morgan fingerprint density at radius 1 is 1.07 bits per heavy atom. The van der Waals surface area contributed by atoms with E-state index in [1.54, 1.807) is 0 Å². The van der Waals surface area contributed by atoms with Crippen molar-refractivity contribution in [2.75, 3.05) is 34.4 Å². The summed E-state index contributed by atoms with van der Waals surface area (Å²) in [6.07, 6.45) is -1.59. The zero-order valence-electron chi connectivity index (χ0n) is 9.03. The summed E-state index contributed by atoms with van der Waals surface area (Å²) in [4.78, 5) is 21.4. The van der Waals surface area contributed by atoms with Gasteiger partial charge < -0.3 is 24.8 Å². The van der Waals surface area contributed by atoms with Gasteiger partial charge in [-0.2, -0.15) is 0 Å². The lowest BCUT2D eigenvalue weighted by atomic mass is 10.4. The molecule has 0 aromatic carbocycles. The van der Waals surface area contributed by atoms with Crippen LogP contribution in [0.5, 0.6) is 0 Å². The van der Waals surface area contributed by atoms with E-state index in [2.05, 4.69) is 10.6 Å². The monoisotopic (exact) mass is 220 g/mol. The molecule has 0 fully saturated rings. The molecule has 0 aromatic rings. The third-order valence-electron chi connectivity index (χ3n) is 1.54. The third kappa shape index (κ3) is 6.55. The minimum atomic E-state index is -0.558. The van der Waals surface area contributed by atoms with Crippen LogP contribution in [0.1, 0.15) is 0 Å². The molecule has 0 aliphatic rings. The van der Waals surface area contributed by atoms with Gasteiger partial charge in [0.25, 0.3) is 0 Å². The van der Waals surface area contributed by atoms with Gasteiger partial charge in [0.1, 0.15) is 19.3 Å². The Kier molecular flexibility index (Phi) is 7.08. The Bertz CT molecular complexity index is 189.